The Bertz CT molecular complexity index is 460. The van der Waals surface area contributed by atoms with Crippen LogP contribution in [0.1, 0.15) is 12.1 Å². The maximum Gasteiger partial charge on any atom is 0.217 e. The van der Waals surface area contributed by atoms with Gasteiger partial charge in [0, 0.05) is 18.0 Å². The SMILES string of the molecule is c1cc(-c2ccc(C3OCCO3)o2)ccn1. The largest absolute Gasteiger partial charge is 0.456 e. The number of aromatic nitrogens is 1. The van der Waals surface area contributed by atoms with Gasteiger partial charge in [-0.3, -0.25) is 4.98 Å². The molecule has 2 aromatic rings. The van der Waals surface area contributed by atoms with E-state index in [1.54, 1.807) is 12.4 Å². The molecule has 0 spiro atoms. The van der Waals surface area contributed by atoms with Gasteiger partial charge in [-0.1, -0.05) is 0 Å². The summed E-state index contributed by atoms with van der Waals surface area (Å²) in [5, 5.41) is 0. The minimum Gasteiger partial charge on any atom is -0.456 e. The highest BCUT2D eigenvalue weighted by molar-refractivity contribution is 5.56. The number of hydrogen-bond acceptors (Lipinski definition) is 4. The Morgan fingerprint density at radius 3 is 2.50 bits per heavy atom. The van der Waals surface area contributed by atoms with Gasteiger partial charge in [-0.15, -0.1) is 0 Å². The number of furan rings is 1. The van der Waals surface area contributed by atoms with Crippen LogP contribution in [0.5, 0.6) is 0 Å². The smallest absolute Gasteiger partial charge is 0.217 e. The number of rotatable bonds is 2. The van der Waals surface area contributed by atoms with E-state index >= 15 is 0 Å². The second-order valence-electron chi connectivity index (χ2n) is 3.51. The zero-order valence-electron chi connectivity index (χ0n) is 8.63. The van der Waals surface area contributed by atoms with Crippen LogP contribution in [-0.2, 0) is 9.47 Å². The topological polar surface area (TPSA) is 44.5 Å². The second-order valence-corrected chi connectivity index (χ2v) is 3.51. The molecule has 1 aliphatic rings. The van der Waals surface area contributed by atoms with Crippen LogP contribution in [0.25, 0.3) is 11.3 Å². The first kappa shape index (κ1) is 9.57. The Morgan fingerprint density at radius 2 is 1.75 bits per heavy atom. The molecule has 0 bridgehead atoms. The van der Waals surface area contributed by atoms with Gasteiger partial charge in [0.05, 0.1) is 13.2 Å². The number of ether oxygens (including phenoxy) is 2. The molecule has 0 aliphatic carbocycles. The first-order valence-corrected chi connectivity index (χ1v) is 5.17. The van der Waals surface area contributed by atoms with Crippen LogP contribution in [0.15, 0.2) is 41.1 Å². The van der Waals surface area contributed by atoms with Crippen molar-refractivity contribution < 1.29 is 13.9 Å². The van der Waals surface area contributed by atoms with Crippen molar-refractivity contribution in [3.05, 3.63) is 42.4 Å². The second kappa shape index (κ2) is 4.08. The Kier molecular flexibility index (Phi) is 2.44. The van der Waals surface area contributed by atoms with Gasteiger partial charge in [0.25, 0.3) is 0 Å². The highest BCUT2D eigenvalue weighted by Crippen LogP contribution is 2.29. The Balaban J connectivity index is 1.87. The quantitative estimate of drug-likeness (QED) is 0.774. The van der Waals surface area contributed by atoms with Gasteiger partial charge in [0.2, 0.25) is 6.29 Å². The molecule has 4 nitrogen and oxygen atoms in total. The average Bonchev–Trinajstić information content (AvgIpc) is 3.01. The third-order valence-corrected chi connectivity index (χ3v) is 2.45. The molecule has 3 heterocycles. The summed E-state index contributed by atoms with van der Waals surface area (Å²) < 4.78 is 16.4. The molecule has 0 amide bonds. The Labute approximate surface area is 92.8 Å². The fourth-order valence-electron chi connectivity index (χ4n) is 1.67. The van der Waals surface area contributed by atoms with Crippen molar-refractivity contribution >= 4 is 0 Å². The minimum absolute atomic E-state index is 0.351. The zero-order valence-corrected chi connectivity index (χ0v) is 8.63. The third kappa shape index (κ3) is 1.73. The molecular weight excluding hydrogens is 206 g/mol. The molecule has 4 heteroatoms. The normalized spacial score (nSPS) is 16.8. The lowest BCUT2D eigenvalue weighted by Gasteiger charge is -2.04. The van der Waals surface area contributed by atoms with Crippen molar-refractivity contribution in [2.75, 3.05) is 13.2 Å². The van der Waals surface area contributed by atoms with E-state index in [9.17, 15) is 0 Å². The van der Waals surface area contributed by atoms with E-state index < -0.39 is 0 Å². The summed E-state index contributed by atoms with van der Waals surface area (Å²) >= 11 is 0. The lowest BCUT2D eigenvalue weighted by atomic mass is 10.2. The van der Waals surface area contributed by atoms with Gasteiger partial charge in [-0.25, -0.2) is 0 Å². The Hall–Kier alpha value is -1.65. The number of pyridine rings is 1. The predicted molar refractivity (Wildman–Crippen MR) is 56.6 cm³/mol. The van der Waals surface area contributed by atoms with E-state index in [1.807, 2.05) is 24.3 Å². The fraction of sp³-hybridized carbons (Fsp3) is 0.250. The van der Waals surface area contributed by atoms with Gasteiger partial charge >= 0.3 is 0 Å². The first-order chi connectivity index (χ1) is 7.93. The van der Waals surface area contributed by atoms with E-state index in [0.717, 1.165) is 11.3 Å². The predicted octanol–water partition coefficient (Wildman–Crippen LogP) is 2.39. The lowest BCUT2D eigenvalue weighted by molar-refractivity contribution is -0.0585. The van der Waals surface area contributed by atoms with E-state index in [0.29, 0.717) is 19.0 Å². The van der Waals surface area contributed by atoms with Crippen molar-refractivity contribution in [3.63, 3.8) is 0 Å². The van der Waals surface area contributed by atoms with Gasteiger partial charge in [-0.05, 0) is 24.3 Å². The van der Waals surface area contributed by atoms with E-state index in [-0.39, 0.29) is 6.29 Å². The zero-order chi connectivity index (χ0) is 10.8. The number of nitrogens with zero attached hydrogens (tertiary/aromatic N) is 1. The van der Waals surface area contributed by atoms with Crippen molar-refractivity contribution in [1.82, 2.24) is 4.98 Å². The molecule has 1 aliphatic heterocycles. The minimum atomic E-state index is -0.351. The van der Waals surface area contributed by atoms with Crippen molar-refractivity contribution in [1.29, 1.82) is 0 Å². The Morgan fingerprint density at radius 1 is 1.00 bits per heavy atom. The van der Waals surface area contributed by atoms with E-state index in [2.05, 4.69) is 4.98 Å². The molecule has 0 N–H and O–H groups in total. The summed E-state index contributed by atoms with van der Waals surface area (Å²) in [5.74, 6) is 1.51. The van der Waals surface area contributed by atoms with Crippen LogP contribution in [0.4, 0.5) is 0 Å². The van der Waals surface area contributed by atoms with Crippen LogP contribution in [0.2, 0.25) is 0 Å². The summed E-state index contributed by atoms with van der Waals surface area (Å²) in [4.78, 5) is 3.96. The van der Waals surface area contributed by atoms with E-state index in [4.69, 9.17) is 13.9 Å². The highest BCUT2D eigenvalue weighted by Gasteiger charge is 2.21. The molecule has 82 valence electrons. The summed E-state index contributed by atoms with van der Waals surface area (Å²) in [6.45, 7) is 1.24. The lowest BCUT2D eigenvalue weighted by Crippen LogP contribution is -1.94. The molecular formula is C12H11NO3. The average molecular weight is 217 g/mol. The molecule has 1 fully saturated rings. The first-order valence-electron chi connectivity index (χ1n) is 5.17. The summed E-state index contributed by atoms with van der Waals surface area (Å²) in [6.07, 6.45) is 3.12. The summed E-state index contributed by atoms with van der Waals surface area (Å²) in [7, 11) is 0. The fourth-order valence-corrected chi connectivity index (χ4v) is 1.67. The van der Waals surface area contributed by atoms with Crippen LogP contribution in [0, 0.1) is 0 Å². The van der Waals surface area contributed by atoms with Gasteiger partial charge < -0.3 is 13.9 Å². The molecule has 0 saturated carbocycles. The standard InChI is InChI=1S/C12H11NO3/c1-2-11(12-14-7-8-15-12)16-10(1)9-3-5-13-6-4-9/h1-6,12H,7-8H2. The molecule has 2 aromatic heterocycles. The van der Waals surface area contributed by atoms with Gasteiger partial charge in [0.15, 0.2) is 5.76 Å². The van der Waals surface area contributed by atoms with E-state index in [1.165, 1.54) is 0 Å². The van der Waals surface area contributed by atoms with Gasteiger partial charge in [0.1, 0.15) is 5.76 Å². The monoisotopic (exact) mass is 217 g/mol. The van der Waals surface area contributed by atoms with Crippen molar-refractivity contribution in [2.24, 2.45) is 0 Å². The number of hydrogen-bond donors (Lipinski definition) is 0. The highest BCUT2D eigenvalue weighted by atomic mass is 16.7. The molecule has 1 saturated heterocycles. The van der Waals surface area contributed by atoms with Crippen LogP contribution in [-0.4, -0.2) is 18.2 Å². The van der Waals surface area contributed by atoms with Crippen molar-refractivity contribution in [3.8, 4) is 11.3 Å². The van der Waals surface area contributed by atoms with Crippen LogP contribution >= 0.6 is 0 Å². The summed E-state index contributed by atoms with van der Waals surface area (Å²) in [6, 6.07) is 7.60. The molecule has 16 heavy (non-hydrogen) atoms. The maximum absolute atomic E-state index is 5.68. The van der Waals surface area contributed by atoms with Crippen molar-refractivity contribution in [2.45, 2.75) is 6.29 Å². The molecule has 0 radical (unpaired) electrons. The molecule has 0 unspecified atom stereocenters. The van der Waals surface area contributed by atoms with Crippen LogP contribution < -0.4 is 0 Å². The molecule has 0 aromatic carbocycles. The van der Waals surface area contributed by atoms with Crippen LogP contribution in [0.3, 0.4) is 0 Å². The molecule has 0 atom stereocenters. The molecule has 3 rings (SSSR count). The summed E-state index contributed by atoms with van der Waals surface area (Å²) in [5.41, 5.74) is 0.999. The third-order valence-electron chi connectivity index (χ3n) is 2.45. The maximum atomic E-state index is 5.68. The van der Waals surface area contributed by atoms with Gasteiger partial charge in [-0.2, -0.15) is 0 Å².